The molecule has 0 spiro atoms. The molecule has 0 aromatic rings. The Labute approximate surface area is 97.8 Å². The van der Waals surface area contributed by atoms with Gasteiger partial charge in [0, 0.05) is 6.42 Å². The van der Waals surface area contributed by atoms with Crippen LogP contribution in [-0.4, -0.2) is 18.4 Å². The van der Waals surface area contributed by atoms with Crippen molar-refractivity contribution in [3.8, 4) is 0 Å². The third-order valence-corrected chi connectivity index (χ3v) is 2.55. The topological polar surface area (TPSA) is 35.5 Å². The highest BCUT2D eigenvalue weighted by molar-refractivity contribution is 5.89. The van der Waals surface area contributed by atoms with Gasteiger partial charge in [-0.3, -0.25) is 0 Å². The fourth-order valence-corrected chi connectivity index (χ4v) is 1.73. The van der Waals surface area contributed by atoms with E-state index in [1.165, 1.54) is 0 Å². The van der Waals surface area contributed by atoms with Crippen LogP contribution >= 0.6 is 0 Å². The molecule has 0 unspecified atom stereocenters. The summed E-state index contributed by atoms with van der Waals surface area (Å²) in [5, 5.41) is 0. The van der Waals surface area contributed by atoms with Gasteiger partial charge in [0.1, 0.15) is 0 Å². The number of rotatable bonds is 4. The Morgan fingerprint density at radius 3 is 2.25 bits per heavy atom. The van der Waals surface area contributed by atoms with Gasteiger partial charge in [-0.25, -0.2) is 4.79 Å². The van der Waals surface area contributed by atoms with Gasteiger partial charge < -0.3 is 9.47 Å². The van der Waals surface area contributed by atoms with E-state index < -0.39 is 6.29 Å². The third-order valence-electron chi connectivity index (χ3n) is 2.55. The highest BCUT2D eigenvalue weighted by Crippen LogP contribution is 2.26. The molecule has 3 heteroatoms. The first-order valence-electron chi connectivity index (χ1n) is 5.95. The van der Waals surface area contributed by atoms with E-state index in [2.05, 4.69) is 34.3 Å². The van der Waals surface area contributed by atoms with Crippen molar-refractivity contribution in [2.45, 2.75) is 52.9 Å². The minimum absolute atomic E-state index is 0.176. The maximum atomic E-state index is 11.6. The zero-order chi connectivity index (χ0) is 12.3. The smallest absolute Gasteiger partial charge is 0.338 e. The summed E-state index contributed by atoms with van der Waals surface area (Å²) in [6, 6.07) is 0. The minimum atomic E-state index is -0.401. The molecule has 0 aromatic carbocycles. The van der Waals surface area contributed by atoms with Gasteiger partial charge in [-0.1, -0.05) is 34.3 Å². The van der Waals surface area contributed by atoms with Crippen LogP contribution in [0.3, 0.4) is 0 Å². The first-order chi connectivity index (χ1) is 7.40. The second-order valence-electron chi connectivity index (χ2n) is 5.24. The van der Waals surface area contributed by atoms with Crippen LogP contribution in [0.1, 0.15) is 40.5 Å². The van der Waals surface area contributed by atoms with Crippen LogP contribution in [0.5, 0.6) is 0 Å². The van der Waals surface area contributed by atoms with Gasteiger partial charge in [0.2, 0.25) is 6.29 Å². The number of esters is 1. The Bertz CT molecular complexity index is 268. The molecule has 3 nitrogen and oxygen atoms in total. The van der Waals surface area contributed by atoms with E-state index >= 15 is 0 Å². The Hall–Kier alpha value is -0.830. The SMILES string of the molecule is C=C1C(=O)O[C@H](CC(C)C)O[C@@H]1CC(C)C. The molecule has 0 aliphatic carbocycles. The van der Waals surface area contributed by atoms with Gasteiger partial charge >= 0.3 is 5.97 Å². The first-order valence-corrected chi connectivity index (χ1v) is 5.95. The molecule has 92 valence electrons. The zero-order valence-corrected chi connectivity index (χ0v) is 10.7. The van der Waals surface area contributed by atoms with E-state index in [1.54, 1.807) is 0 Å². The predicted molar refractivity (Wildman–Crippen MR) is 62.8 cm³/mol. The van der Waals surface area contributed by atoms with Gasteiger partial charge in [-0.15, -0.1) is 0 Å². The molecule has 1 fully saturated rings. The van der Waals surface area contributed by atoms with Crippen LogP contribution in [0.15, 0.2) is 12.2 Å². The number of carbonyl (C=O) groups is 1. The summed E-state index contributed by atoms with van der Waals surface area (Å²) in [5.74, 6) is 0.624. The molecular weight excluding hydrogens is 204 g/mol. The second kappa shape index (κ2) is 5.48. The molecule has 0 amide bonds. The van der Waals surface area contributed by atoms with Gasteiger partial charge in [-0.05, 0) is 18.3 Å². The lowest BCUT2D eigenvalue weighted by molar-refractivity contribution is -0.205. The van der Waals surface area contributed by atoms with Gasteiger partial charge in [0.15, 0.2) is 0 Å². The van der Waals surface area contributed by atoms with E-state index in [4.69, 9.17) is 9.47 Å². The average Bonchev–Trinajstić information content (AvgIpc) is 2.11. The molecular formula is C13H22O3. The summed E-state index contributed by atoms with van der Waals surface area (Å²) in [4.78, 5) is 11.6. The molecule has 1 rings (SSSR count). The van der Waals surface area contributed by atoms with Crippen molar-refractivity contribution in [3.63, 3.8) is 0 Å². The number of hydrogen-bond acceptors (Lipinski definition) is 3. The summed E-state index contributed by atoms with van der Waals surface area (Å²) < 4.78 is 10.9. The van der Waals surface area contributed by atoms with Crippen LogP contribution < -0.4 is 0 Å². The van der Waals surface area contributed by atoms with Crippen molar-refractivity contribution >= 4 is 5.97 Å². The normalized spacial score (nSPS) is 26.4. The molecule has 0 N–H and O–H groups in total. The molecule has 1 aliphatic rings. The van der Waals surface area contributed by atoms with E-state index in [1.807, 2.05) is 0 Å². The first kappa shape index (κ1) is 13.2. The van der Waals surface area contributed by atoms with E-state index in [9.17, 15) is 4.79 Å². The largest absolute Gasteiger partial charge is 0.432 e. The third kappa shape index (κ3) is 3.63. The van der Waals surface area contributed by atoms with Crippen molar-refractivity contribution in [1.29, 1.82) is 0 Å². The second-order valence-corrected chi connectivity index (χ2v) is 5.24. The monoisotopic (exact) mass is 226 g/mol. The van der Waals surface area contributed by atoms with Gasteiger partial charge in [0.05, 0.1) is 11.7 Å². The lowest BCUT2D eigenvalue weighted by Gasteiger charge is -2.32. The molecule has 1 aliphatic heterocycles. The molecule has 0 aromatic heterocycles. The quantitative estimate of drug-likeness (QED) is 0.546. The van der Waals surface area contributed by atoms with Crippen molar-refractivity contribution in [2.75, 3.05) is 0 Å². The highest BCUT2D eigenvalue weighted by Gasteiger charge is 2.33. The van der Waals surface area contributed by atoms with Gasteiger partial charge in [0.25, 0.3) is 0 Å². The van der Waals surface area contributed by atoms with E-state index in [0.29, 0.717) is 17.4 Å². The van der Waals surface area contributed by atoms with E-state index in [-0.39, 0.29) is 12.1 Å². The Balaban J connectivity index is 2.61. The summed E-state index contributed by atoms with van der Waals surface area (Å²) >= 11 is 0. The number of carbonyl (C=O) groups excluding carboxylic acids is 1. The molecule has 0 radical (unpaired) electrons. The standard InChI is InChI=1S/C13H22O3/c1-8(2)6-11-10(5)13(14)16-12(15-11)7-9(3)4/h8-9,11-12H,5-7H2,1-4H3/t11-,12-/m1/s1. The Morgan fingerprint density at radius 2 is 1.75 bits per heavy atom. The zero-order valence-electron chi connectivity index (χ0n) is 10.7. The Kier molecular flexibility index (Phi) is 4.54. The van der Waals surface area contributed by atoms with Crippen LogP contribution in [0.2, 0.25) is 0 Å². The predicted octanol–water partition coefficient (Wildman–Crippen LogP) is 2.90. The summed E-state index contributed by atoms with van der Waals surface area (Å²) in [7, 11) is 0. The van der Waals surface area contributed by atoms with Gasteiger partial charge in [-0.2, -0.15) is 0 Å². The fourth-order valence-electron chi connectivity index (χ4n) is 1.73. The molecule has 1 saturated heterocycles. The summed E-state index contributed by atoms with van der Waals surface area (Å²) in [6.07, 6.45) is 0.989. The maximum absolute atomic E-state index is 11.6. The van der Waals surface area contributed by atoms with Crippen LogP contribution in [0, 0.1) is 11.8 Å². The Morgan fingerprint density at radius 1 is 1.19 bits per heavy atom. The van der Waals surface area contributed by atoms with Crippen molar-refractivity contribution < 1.29 is 14.3 Å². The van der Waals surface area contributed by atoms with Crippen LogP contribution in [0.25, 0.3) is 0 Å². The number of ether oxygens (including phenoxy) is 2. The molecule has 2 atom stereocenters. The average molecular weight is 226 g/mol. The van der Waals surface area contributed by atoms with Crippen molar-refractivity contribution in [1.82, 2.24) is 0 Å². The molecule has 0 saturated carbocycles. The minimum Gasteiger partial charge on any atom is -0.432 e. The number of hydrogen-bond donors (Lipinski definition) is 0. The highest BCUT2D eigenvalue weighted by atomic mass is 16.7. The number of cyclic esters (lactones) is 1. The summed E-state index contributed by atoms with van der Waals surface area (Å²) in [6.45, 7) is 12.1. The van der Waals surface area contributed by atoms with Crippen LogP contribution in [0.4, 0.5) is 0 Å². The lowest BCUT2D eigenvalue weighted by Crippen LogP contribution is -2.38. The molecule has 1 heterocycles. The van der Waals surface area contributed by atoms with Crippen LogP contribution in [-0.2, 0) is 14.3 Å². The lowest BCUT2D eigenvalue weighted by atomic mass is 9.99. The van der Waals surface area contributed by atoms with E-state index in [0.717, 1.165) is 12.8 Å². The maximum Gasteiger partial charge on any atom is 0.338 e. The molecule has 16 heavy (non-hydrogen) atoms. The van der Waals surface area contributed by atoms with Crippen molar-refractivity contribution in [3.05, 3.63) is 12.2 Å². The molecule has 0 bridgehead atoms. The van der Waals surface area contributed by atoms with Crippen molar-refractivity contribution in [2.24, 2.45) is 11.8 Å². The summed E-state index contributed by atoms with van der Waals surface area (Å²) in [5.41, 5.74) is 0.453. The fraction of sp³-hybridized carbons (Fsp3) is 0.769.